The number of hydrogen-bond acceptors (Lipinski definition) is 7. The fraction of sp³-hybridized carbons (Fsp3) is 0.312. The van der Waals surface area contributed by atoms with E-state index in [2.05, 4.69) is 20.9 Å². The molecule has 0 radical (unpaired) electrons. The molecular formula is C16H16N4O2S. The van der Waals surface area contributed by atoms with E-state index >= 15 is 0 Å². The molecule has 23 heavy (non-hydrogen) atoms. The Kier molecular flexibility index (Phi) is 3.70. The third-order valence-electron chi connectivity index (χ3n) is 3.81. The van der Waals surface area contributed by atoms with Crippen LogP contribution in [-0.2, 0) is 0 Å². The molecule has 0 N–H and O–H groups in total. The number of nitrogens with zero attached hydrogens (tertiary/aromatic N) is 4. The first-order chi connectivity index (χ1) is 11.3. The Morgan fingerprint density at radius 1 is 1.22 bits per heavy atom. The number of rotatable bonds is 4. The summed E-state index contributed by atoms with van der Waals surface area (Å²) in [6, 6.07) is 8.60. The van der Waals surface area contributed by atoms with Gasteiger partial charge < -0.3 is 14.4 Å². The van der Waals surface area contributed by atoms with Crippen molar-refractivity contribution in [3.05, 3.63) is 36.7 Å². The van der Waals surface area contributed by atoms with Crippen LogP contribution in [0, 0.1) is 0 Å². The lowest BCUT2D eigenvalue weighted by Crippen LogP contribution is -2.24. The van der Waals surface area contributed by atoms with Gasteiger partial charge in [0.1, 0.15) is 6.10 Å². The second-order valence-electron chi connectivity index (χ2n) is 5.34. The highest BCUT2D eigenvalue weighted by molar-refractivity contribution is 7.22. The standard InChI is InChI=1S/C16H16N4O2S/c1-21-12-8-17-15(18-9-12)22-11-6-7-20(10-11)16-19-13-4-2-3-5-14(13)23-16/h2-5,8-9,11H,6-7,10H2,1H3. The largest absolute Gasteiger partial charge is 0.494 e. The summed E-state index contributed by atoms with van der Waals surface area (Å²) in [6.07, 6.45) is 4.24. The van der Waals surface area contributed by atoms with E-state index in [1.807, 2.05) is 18.2 Å². The van der Waals surface area contributed by atoms with E-state index in [0.29, 0.717) is 11.8 Å². The van der Waals surface area contributed by atoms with Gasteiger partial charge in [0, 0.05) is 13.0 Å². The smallest absolute Gasteiger partial charge is 0.316 e. The first kappa shape index (κ1) is 14.2. The van der Waals surface area contributed by atoms with Gasteiger partial charge in [-0.1, -0.05) is 23.5 Å². The molecule has 0 amide bonds. The Morgan fingerprint density at radius 3 is 2.83 bits per heavy atom. The number of hydrogen-bond donors (Lipinski definition) is 0. The first-order valence-electron chi connectivity index (χ1n) is 7.45. The van der Waals surface area contributed by atoms with Crippen molar-refractivity contribution >= 4 is 26.7 Å². The van der Waals surface area contributed by atoms with Crippen LogP contribution in [-0.4, -0.2) is 41.3 Å². The Morgan fingerprint density at radius 2 is 2.04 bits per heavy atom. The normalized spacial score (nSPS) is 17.6. The lowest BCUT2D eigenvalue weighted by Gasteiger charge is -2.15. The number of methoxy groups -OCH3 is 1. The van der Waals surface area contributed by atoms with Gasteiger partial charge in [-0.15, -0.1) is 0 Å². The third kappa shape index (κ3) is 2.92. The van der Waals surface area contributed by atoms with Crippen molar-refractivity contribution in [1.29, 1.82) is 0 Å². The Bertz CT molecular complexity index is 772. The average molecular weight is 328 g/mol. The quantitative estimate of drug-likeness (QED) is 0.734. The zero-order valence-electron chi connectivity index (χ0n) is 12.7. The summed E-state index contributed by atoms with van der Waals surface area (Å²) in [4.78, 5) is 15.3. The fourth-order valence-electron chi connectivity index (χ4n) is 2.61. The van der Waals surface area contributed by atoms with Crippen molar-refractivity contribution in [1.82, 2.24) is 15.0 Å². The van der Waals surface area contributed by atoms with Gasteiger partial charge in [0.25, 0.3) is 0 Å². The molecule has 7 heteroatoms. The molecule has 6 nitrogen and oxygen atoms in total. The molecule has 3 aromatic rings. The molecule has 118 valence electrons. The summed E-state index contributed by atoms with van der Waals surface area (Å²) in [6.45, 7) is 1.73. The molecule has 0 spiro atoms. The molecule has 1 aliphatic heterocycles. The van der Waals surface area contributed by atoms with Gasteiger partial charge in [-0.05, 0) is 12.1 Å². The van der Waals surface area contributed by atoms with E-state index in [1.165, 1.54) is 4.70 Å². The second kappa shape index (κ2) is 6.00. The monoisotopic (exact) mass is 328 g/mol. The molecule has 0 bridgehead atoms. The highest BCUT2D eigenvalue weighted by Crippen LogP contribution is 2.31. The molecular weight excluding hydrogens is 312 g/mol. The van der Waals surface area contributed by atoms with E-state index in [1.54, 1.807) is 30.8 Å². The zero-order valence-corrected chi connectivity index (χ0v) is 13.5. The van der Waals surface area contributed by atoms with Crippen LogP contribution < -0.4 is 14.4 Å². The molecule has 1 saturated heterocycles. The molecule has 0 saturated carbocycles. The SMILES string of the molecule is COc1cnc(OC2CCN(c3nc4ccccc4s3)C2)nc1. The average Bonchev–Trinajstić information content (AvgIpc) is 3.21. The van der Waals surface area contributed by atoms with Crippen molar-refractivity contribution in [2.75, 3.05) is 25.1 Å². The summed E-state index contributed by atoms with van der Waals surface area (Å²) in [7, 11) is 1.59. The Hall–Kier alpha value is -2.41. The van der Waals surface area contributed by atoms with Gasteiger partial charge in [-0.2, -0.15) is 9.97 Å². The molecule has 1 fully saturated rings. The molecule has 1 unspecified atom stereocenters. The van der Waals surface area contributed by atoms with E-state index < -0.39 is 0 Å². The van der Waals surface area contributed by atoms with E-state index in [0.717, 1.165) is 30.2 Å². The number of thiazole rings is 1. The van der Waals surface area contributed by atoms with Gasteiger partial charge in [0.15, 0.2) is 10.9 Å². The van der Waals surface area contributed by atoms with Crippen LogP contribution in [0.1, 0.15) is 6.42 Å². The topological polar surface area (TPSA) is 60.4 Å². The molecule has 0 aliphatic carbocycles. The first-order valence-corrected chi connectivity index (χ1v) is 8.27. The van der Waals surface area contributed by atoms with E-state index in [4.69, 9.17) is 14.5 Å². The zero-order chi connectivity index (χ0) is 15.6. The maximum atomic E-state index is 5.86. The van der Waals surface area contributed by atoms with Crippen molar-refractivity contribution in [2.24, 2.45) is 0 Å². The minimum atomic E-state index is 0.0791. The molecule has 2 aromatic heterocycles. The Balaban J connectivity index is 1.43. The van der Waals surface area contributed by atoms with Crippen molar-refractivity contribution < 1.29 is 9.47 Å². The van der Waals surface area contributed by atoms with Gasteiger partial charge >= 0.3 is 6.01 Å². The highest BCUT2D eigenvalue weighted by Gasteiger charge is 2.26. The van der Waals surface area contributed by atoms with E-state index in [-0.39, 0.29) is 6.10 Å². The van der Waals surface area contributed by atoms with Gasteiger partial charge in [-0.3, -0.25) is 0 Å². The van der Waals surface area contributed by atoms with E-state index in [9.17, 15) is 0 Å². The summed E-state index contributed by atoms with van der Waals surface area (Å²) >= 11 is 1.72. The number of benzene rings is 1. The number of aromatic nitrogens is 3. The number of ether oxygens (including phenoxy) is 2. The predicted molar refractivity (Wildman–Crippen MR) is 89.5 cm³/mol. The Labute approximate surface area is 137 Å². The molecule has 1 aromatic carbocycles. The summed E-state index contributed by atoms with van der Waals surface area (Å²) in [5, 5.41) is 1.05. The van der Waals surface area contributed by atoms with Crippen molar-refractivity contribution in [3.63, 3.8) is 0 Å². The maximum Gasteiger partial charge on any atom is 0.316 e. The molecule has 1 aliphatic rings. The summed E-state index contributed by atoms with van der Waals surface area (Å²) in [5.74, 6) is 0.625. The van der Waals surface area contributed by atoms with Crippen LogP contribution in [0.2, 0.25) is 0 Å². The minimum Gasteiger partial charge on any atom is -0.494 e. The fourth-order valence-corrected chi connectivity index (χ4v) is 3.61. The van der Waals surface area contributed by atoms with Gasteiger partial charge in [-0.25, -0.2) is 4.98 Å². The second-order valence-corrected chi connectivity index (χ2v) is 6.35. The molecule has 4 rings (SSSR count). The number of para-hydroxylation sites is 1. The van der Waals surface area contributed by atoms with Crippen molar-refractivity contribution in [3.8, 4) is 11.8 Å². The van der Waals surface area contributed by atoms with Crippen LogP contribution in [0.25, 0.3) is 10.2 Å². The van der Waals surface area contributed by atoms with Crippen LogP contribution in [0.4, 0.5) is 5.13 Å². The van der Waals surface area contributed by atoms with Crippen LogP contribution in [0.3, 0.4) is 0 Å². The minimum absolute atomic E-state index is 0.0791. The lowest BCUT2D eigenvalue weighted by atomic mass is 10.3. The third-order valence-corrected chi connectivity index (χ3v) is 4.91. The van der Waals surface area contributed by atoms with Crippen LogP contribution >= 0.6 is 11.3 Å². The summed E-state index contributed by atoms with van der Waals surface area (Å²) in [5.41, 5.74) is 1.05. The molecule has 1 atom stereocenters. The van der Waals surface area contributed by atoms with Crippen LogP contribution in [0.15, 0.2) is 36.7 Å². The van der Waals surface area contributed by atoms with Crippen LogP contribution in [0.5, 0.6) is 11.8 Å². The number of anilines is 1. The number of fused-ring (bicyclic) bond motifs is 1. The lowest BCUT2D eigenvalue weighted by molar-refractivity contribution is 0.205. The van der Waals surface area contributed by atoms with Gasteiger partial charge in [0.2, 0.25) is 0 Å². The predicted octanol–water partition coefficient (Wildman–Crippen LogP) is 2.75. The highest BCUT2D eigenvalue weighted by atomic mass is 32.1. The maximum absolute atomic E-state index is 5.86. The summed E-state index contributed by atoms with van der Waals surface area (Å²) < 4.78 is 12.1. The van der Waals surface area contributed by atoms with Crippen molar-refractivity contribution in [2.45, 2.75) is 12.5 Å². The van der Waals surface area contributed by atoms with Gasteiger partial charge in [0.05, 0.1) is 36.3 Å². The molecule has 3 heterocycles.